The first-order valence-electron chi connectivity index (χ1n) is 26.3. The smallest absolute Gasteiger partial charge is 0.180 e. The molecule has 4 heteroatoms. The summed E-state index contributed by atoms with van der Waals surface area (Å²) in [6, 6.07) is -10.9. The molecule has 0 spiro atoms. The number of fused-ring (bicyclic) bond motifs is 6. The quantitative estimate of drug-likeness (QED) is 0.184. The molecule has 0 saturated carbocycles. The van der Waals surface area contributed by atoms with Crippen molar-refractivity contribution in [2.24, 2.45) is 0 Å². The zero-order valence-electron chi connectivity index (χ0n) is 48.1. The molecule has 0 amide bonds. The van der Waals surface area contributed by atoms with E-state index in [0.717, 1.165) is 12.4 Å². The van der Waals surface area contributed by atoms with Crippen molar-refractivity contribution in [1.29, 1.82) is 0 Å². The van der Waals surface area contributed by atoms with Gasteiger partial charge in [0.25, 0.3) is 0 Å². The molecule has 3 aromatic heterocycles. The highest BCUT2D eigenvalue weighted by Crippen LogP contribution is 2.39. The van der Waals surface area contributed by atoms with Crippen LogP contribution in [-0.2, 0) is 0 Å². The molecule has 4 nitrogen and oxygen atoms in total. The largest absolute Gasteiger partial charge is 0.455 e. The predicted octanol–water partition coefficient (Wildman–Crippen LogP) is 12.6. The number of aromatic nitrogens is 2. The van der Waals surface area contributed by atoms with Gasteiger partial charge in [-0.05, 0) is 69.2 Å². The van der Waals surface area contributed by atoms with Gasteiger partial charge in [0.15, 0.2) is 5.58 Å². The highest BCUT2D eigenvalue weighted by molar-refractivity contribution is 6.10. The molecule has 0 aliphatic heterocycles. The lowest BCUT2D eigenvalue weighted by atomic mass is 9.96. The predicted molar refractivity (Wildman–Crippen MR) is 204 cm³/mol. The van der Waals surface area contributed by atoms with E-state index in [2.05, 4.69) is 9.97 Å². The molecule has 0 N–H and O–H groups in total. The molecule has 10 aromatic rings. The number of benzene rings is 7. The number of hydrogen-bond acceptors (Lipinski definition) is 4. The minimum Gasteiger partial charge on any atom is -0.455 e. The topological polar surface area (TPSA) is 52.1 Å². The van der Waals surface area contributed by atoms with Crippen LogP contribution in [0.25, 0.3) is 99.8 Å². The Labute approximate surface area is 320 Å². The van der Waals surface area contributed by atoms with Crippen molar-refractivity contribution in [3.63, 3.8) is 0 Å². The zero-order valence-corrected chi connectivity index (χ0v) is 25.1. The van der Waals surface area contributed by atoms with Crippen molar-refractivity contribution < 1.29 is 40.4 Å². The van der Waals surface area contributed by atoms with Crippen LogP contribution in [0.3, 0.4) is 0 Å². The van der Waals surface area contributed by atoms with Crippen LogP contribution < -0.4 is 0 Å². The van der Waals surface area contributed by atoms with E-state index in [1.807, 2.05) is 0 Å². The summed E-state index contributed by atoms with van der Waals surface area (Å²) in [4.78, 5) is 8.74. The van der Waals surface area contributed by atoms with Crippen molar-refractivity contribution in [3.05, 3.63) is 170 Å². The van der Waals surface area contributed by atoms with Crippen molar-refractivity contribution >= 4 is 44.0 Å². The second-order valence-electron chi connectivity index (χ2n) is 10.8. The molecule has 10 rings (SSSR count). The highest BCUT2D eigenvalue weighted by Gasteiger charge is 2.18. The summed E-state index contributed by atoms with van der Waals surface area (Å²) < 4.78 is 212. The molecule has 234 valence electrons. The Morgan fingerprint density at radius 2 is 1.10 bits per heavy atom. The monoisotopic (exact) mass is 663 g/mol. The number of furan rings is 2. The Kier molecular flexibility index (Phi) is 3.11. The summed E-state index contributed by atoms with van der Waals surface area (Å²) in [6.07, 6.45) is 1.08. The average molecular weight is 664 g/mol. The van der Waals surface area contributed by atoms with Gasteiger partial charge in [-0.2, -0.15) is 0 Å². The van der Waals surface area contributed by atoms with E-state index in [4.69, 9.17) is 37.6 Å². The van der Waals surface area contributed by atoms with Gasteiger partial charge in [-0.25, -0.2) is 9.97 Å². The molecular formula is C46H28N2O2. The number of hydrogen-bond donors (Lipinski definition) is 0. The minimum absolute atomic E-state index is 0.0534. The number of nitrogens with zero attached hydrogens (tertiary/aromatic N) is 2. The fourth-order valence-corrected chi connectivity index (χ4v) is 5.60. The Bertz CT molecular complexity index is 4150. The molecule has 0 aliphatic carbocycles. The molecule has 50 heavy (non-hydrogen) atoms. The SMILES string of the molecule is [2H]c1cc([2H])c(-c2c([2H])c([2H])c([2H])c3c2oc2c([2H])c([2H])c([2H])c([2H])c23)c([2H])c1-c1ncnc2c1oc1ccc(-c3c([2H])c([2H])c([2H])c(-c4c([2H])c([2H])c(-c5c([2H])c([2H])c([2H])c([2H])c5[2H])c([2H])c4[2H])c3[2H])cc12. The van der Waals surface area contributed by atoms with Gasteiger partial charge in [0, 0.05) is 27.3 Å². The first kappa shape index (κ1) is 13.6. The van der Waals surface area contributed by atoms with Crippen LogP contribution in [0.1, 0.15) is 31.5 Å². The Morgan fingerprint density at radius 3 is 1.98 bits per heavy atom. The summed E-state index contributed by atoms with van der Waals surface area (Å²) in [5, 5.41) is -0.304. The van der Waals surface area contributed by atoms with Crippen LogP contribution in [0.2, 0.25) is 0 Å². The lowest BCUT2D eigenvalue weighted by Gasteiger charge is -2.08. The molecule has 0 fully saturated rings. The third-order valence-corrected chi connectivity index (χ3v) is 7.90. The van der Waals surface area contributed by atoms with Gasteiger partial charge in [-0.3, -0.25) is 0 Å². The molecule has 0 unspecified atom stereocenters. The molecule has 3 heterocycles. The zero-order chi connectivity index (χ0) is 53.0. The third kappa shape index (κ3) is 4.69. The summed E-state index contributed by atoms with van der Waals surface area (Å²) >= 11 is 0. The van der Waals surface area contributed by atoms with Crippen molar-refractivity contribution in [3.8, 4) is 55.8 Å². The maximum absolute atomic E-state index is 9.50. The van der Waals surface area contributed by atoms with Crippen molar-refractivity contribution in [1.82, 2.24) is 9.97 Å². The molecule has 0 bridgehead atoms. The number of rotatable bonds is 5. The van der Waals surface area contributed by atoms with E-state index >= 15 is 0 Å². The van der Waals surface area contributed by atoms with E-state index in [9.17, 15) is 2.74 Å². The van der Waals surface area contributed by atoms with Crippen LogP contribution >= 0.6 is 0 Å². The highest BCUT2D eigenvalue weighted by atomic mass is 16.3. The molecule has 0 saturated heterocycles. The third-order valence-electron chi connectivity index (χ3n) is 7.90. The lowest BCUT2D eigenvalue weighted by Crippen LogP contribution is -1.88. The summed E-state index contributed by atoms with van der Waals surface area (Å²) in [5.74, 6) is 0. The summed E-state index contributed by atoms with van der Waals surface area (Å²) in [7, 11) is 0. The fourth-order valence-electron chi connectivity index (χ4n) is 5.60. The maximum atomic E-state index is 9.50. The normalized spacial score (nSPS) is 18.0. The number of para-hydroxylation sites is 2. The second-order valence-corrected chi connectivity index (χ2v) is 10.8. The van der Waals surface area contributed by atoms with E-state index in [-0.39, 0.29) is 77.5 Å². The average Bonchev–Trinajstić information content (AvgIpc) is 3.95. The Hall–Kier alpha value is -6.78. The molecule has 0 aliphatic rings. The fraction of sp³-hybridized carbons (Fsp3) is 0. The summed E-state index contributed by atoms with van der Waals surface area (Å²) in [5.41, 5.74) is -4.56. The first-order chi connectivity index (χ1) is 34.3. The summed E-state index contributed by atoms with van der Waals surface area (Å²) in [6.45, 7) is 0. The van der Waals surface area contributed by atoms with Crippen LogP contribution in [0.5, 0.6) is 0 Å². The van der Waals surface area contributed by atoms with Crippen LogP contribution in [0, 0.1) is 0 Å². The maximum Gasteiger partial charge on any atom is 0.180 e. The minimum atomic E-state index is -0.860. The van der Waals surface area contributed by atoms with Gasteiger partial charge < -0.3 is 8.83 Å². The van der Waals surface area contributed by atoms with E-state index in [0.29, 0.717) is 0 Å². The second kappa shape index (κ2) is 11.4. The van der Waals surface area contributed by atoms with Gasteiger partial charge >= 0.3 is 0 Å². The molecular weight excluding hydrogens is 613 g/mol. The van der Waals surface area contributed by atoms with Gasteiger partial charge in [0.05, 0.1) is 31.5 Å². The van der Waals surface area contributed by atoms with Crippen LogP contribution in [0.15, 0.2) is 178 Å². The van der Waals surface area contributed by atoms with Crippen LogP contribution in [-0.4, -0.2) is 9.97 Å². The standard InChI is InChI=1S/C46H28N2O2/c1-2-9-29(10-3-1)30-19-21-31(22-20-30)32-11-6-12-33(25-32)34-23-24-42-40(27-34)44-46(50-42)43(47-28-48-44)36-14-7-13-35(26-36)37-16-8-17-39-38-15-4-5-18-41(38)49-45(37)39/h1-28H/i1D,2D,3D,4D,5D,6D,8D,9D,10D,11D,12D,13D,14D,15D,16D,17D,18D,19D,20D,21D,22D,25D,26D. The molecule has 0 atom stereocenters. The molecule has 7 aromatic carbocycles. The van der Waals surface area contributed by atoms with Gasteiger partial charge in [0.2, 0.25) is 0 Å². The van der Waals surface area contributed by atoms with E-state index in [1.54, 1.807) is 0 Å². The Morgan fingerprint density at radius 1 is 0.440 bits per heavy atom. The van der Waals surface area contributed by atoms with Crippen molar-refractivity contribution in [2.45, 2.75) is 0 Å². The lowest BCUT2D eigenvalue weighted by molar-refractivity contribution is 0.667. The van der Waals surface area contributed by atoms with Gasteiger partial charge in [-0.1, -0.05) is 133 Å². The van der Waals surface area contributed by atoms with Crippen LogP contribution in [0.4, 0.5) is 0 Å². The van der Waals surface area contributed by atoms with Crippen molar-refractivity contribution in [2.75, 3.05) is 0 Å². The molecule has 0 radical (unpaired) electrons. The van der Waals surface area contributed by atoms with Gasteiger partial charge in [-0.15, -0.1) is 0 Å². The Balaban J connectivity index is 1.16. The van der Waals surface area contributed by atoms with Gasteiger partial charge in [0.1, 0.15) is 34.3 Å². The van der Waals surface area contributed by atoms with E-state index < -0.39 is 161 Å². The first-order valence-corrected chi connectivity index (χ1v) is 14.8. The van der Waals surface area contributed by atoms with E-state index in [1.165, 1.54) is 18.2 Å².